The van der Waals surface area contributed by atoms with Crippen LogP contribution in [0.2, 0.25) is 0 Å². The van der Waals surface area contributed by atoms with Crippen molar-refractivity contribution in [1.29, 1.82) is 0 Å². The summed E-state index contributed by atoms with van der Waals surface area (Å²) in [4.78, 5) is 55.3. The lowest BCUT2D eigenvalue weighted by Gasteiger charge is -2.44. The van der Waals surface area contributed by atoms with Crippen molar-refractivity contribution in [3.05, 3.63) is 47.3 Å². The molecule has 11 nitrogen and oxygen atoms in total. The van der Waals surface area contributed by atoms with Gasteiger partial charge in [-0.3, -0.25) is 19.1 Å². The lowest BCUT2D eigenvalue weighted by molar-refractivity contribution is -0.131. The molecular weight excluding hydrogens is 546 g/mol. The highest BCUT2D eigenvalue weighted by Gasteiger charge is 2.57. The Morgan fingerprint density at radius 3 is 2.49 bits per heavy atom. The van der Waals surface area contributed by atoms with Gasteiger partial charge in [-0.2, -0.15) is 5.10 Å². The number of fused-ring (bicyclic) bond motifs is 1. The number of hydrogen-bond acceptors (Lipinski definition) is 5. The average Bonchev–Trinajstić information content (AvgIpc) is 3.43. The number of nitrogens with one attached hydrogen (secondary N) is 4. The largest absolute Gasteiger partial charge is 0.357 e. The van der Waals surface area contributed by atoms with Gasteiger partial charge in [0, 0.05) is 57.3 Å². The van der Waals surface area contributed by atoms with E-state index in [1.807, 2.05) is 18.2 Å². The Bertz CT molecular complexity index is 1420. The van der Waals surface area contributed by atoms with E-state index in [4.69, 9.17) is 0 Å². The summed E-state index contributed by atoms with van der Waals surface area (Å²) in [6.45, 7) is 3.43. The van der Waals surface area contributed by atoms with E-state index >= 15 is 0 Å². The normalized spacial score (nSPS) is 26.3. The molecule has 2 saturated carbocycles. The second kappa shape index (κ2) is 11.3. The van der Waals surface area contributed by atoms with Crippen molar-refractivity contribution >= 4 is 29.4 Å². The van der Waals surface area contributed by atoms with Crippen LogP contribution in [0.25, 0.3) is 0 Å². The summed E-state index contributed by atoms with van der Waals surface area (Å²) < 4.78 is 1.51. The molecule has 1 aliphatic heterocycles. The minimum atomic E-state index is -1.02. The van der Waals surface area contributed by atoms with Crippen LogP contribution in [0, 0.1) is 17.3 Å². The predicted octanol–water partition coefficient (Wildman–Crippen LogP) is 2.76. The van der Waals surface area contributed by atoms with Gasteiger partial charge in [-0.05, 0) is 66.8 Å². The summed E-state index contributed by atoms with van der Waals surface area (Å²) >= 11 is 0. The number of aromatic nitrogens is 2. The van der Waals surface area contributed by atoms with Gasteiger partial charge in [0.25, 0.3) is 5.91 Å². The summed E-state index contributed by atoms with van der Waals surface area (Å²) in [6, 6.07) is 6.47. The van der Waals surface area contributed by atoms with Gasteiger partial charge in [0.05, 0.1) is 0 Å². The van der Waals surface area contributed by atoms with E-state index in [9.17, 15) is 19.2 Å². The number of hydrogen-bond donors (Lipinski definition) is 4. The van der Waals surface area contributed by atoms with Crippen LogP contribution in [-0.4, -0.2) is 70.2 Å². The molecule has 0 radical (unpaired) electrons. The maximum Gasteiger partial charge on any atom is 0.318 e. The van der Waals surface area contributed by atoms with Crippen molar-refractivity contribution in [2.75, 3.05) is 25.5 Å². The maximum absolute atomic E-state index is 13.8. The number of carbonyl (C=O) groups is 4. The molecule has 2 aromatic rings. The van der Waals surface area contributed by atoms with Gasteiger partial charge in [0.15, 0.2) is 0 Å². The van der Waals surface area contributed by atoms with Crippen LogP contribution in [0.3, 0.4) is 0 Å². The molecular formula is C32H43N7O4. The van der Waals surface area contributed by atoms with Crippen LogP contribution in [-0.2, 0) is 29.5 Å². The van der Waals surface area contributed by atoms with E-state index in [0.29, 0.717) is 43.2 Å². The van der Waals surface area contributed by atoms with E-state index in [0.717, 1.165) is 56.1 Å². The third kappa shape index (κ3) is 5.49. The van der Waals surface area contributed by atoms with Gasteiger partial charge < -0.3 is 26.2 Å². The van der Waals surface area contributed by atoms with Gasteiger partial charge in [-0.1, -0.05) is 32.3 Å². The molecule has 1 aromatic carbocycles. The number of aryl methyl sites for hydroxylation is 1. The van der Waals surface area contributed by atoms with Crippen LogP contribution < -0.4 is 21.3 Å². The fourth-order valence-corrected chi connectivity index (χ4v) is 7.48. The summed E-state index contributed by atoms with van der Waals surface area (Å²) in [6.07, 6.45) is 9.41. The Labute approximate surface area is 252 Å². The number of carbonyl (C=O) groups excluding carboxylic acids is 4. The van der Waals surface area contributed by atoms with E-state index in [2.05, 4.69) is 33.3 Å². The van der Waals surface area contributed by atoms with Crippen molar-refractivity contribution in [3.8, 4) is 0 Å². The zero-order valence-corrected chi connectivity index (χ0v) is 25.4. The fourth-order valence-electron chi connectivity index (χ4n) is 7.48. The Kier molecular flexibility index (Phi) is 7.68. The molecule has 5 amide bonds. The number of amides is 5. The van der Waals surface area contributed by atoms with E-state index in [1.54, 1.807) is 31.3 Å². The second-order valence-corrected chi connectivity index (χ2v) is 13.2. The van der Waals surface area contributed by atoms with Crippen LogP contribution in [0.5, 0.6) is 0 Å². The van der Waals surface area contributed by atoms with E-state index in [-0.39, 0.29) is 35.1 Å². The number of rotatable bonds is 8. The Balaban J connectivity index is 1.22. The van der Waals surface area contributed by atoms with Gasteiger partial charge in [-0.15, -0.1) is 0 Å². The third-order valence-corrected chi connectivity index (χ3v) is 10.5. The molecule has 1 saturated heterocycles. The highest BCUT2D eigenvalue weighted by Crippen LogP contribution is 2.49. The first-order valence-electron chi connectivity index (χ1n) is 15.7. The molecule has 3 fully saturated rings. The van der Waals surface area contributed by atoms with Crippen LogP contribution in [0.15, 0.2) is 30.5 Å². The summed E-state index contributed by atoms with van der Waals surface area (Å²) in [5.41, 5.74) is 1.98. The number of benzene rings is 1. The molecule has 11 heteroatoms. The fraction of sp³-hybridized carbons (Fsp3) is 0.594. The van der Waals surface area contributed by atoms with Crippen molar-refractivity contribution in [3.63, 3.8) is 0 Å². The highest BCUT2D eigenvalue weighted by atomic mass is 16.2. The van der Waals surface area contributed by atoms with Gasteiger partial charge >= 0.3 is 6.03 Å². The molecule has 1 aromatic heterocycles. The quantitative estimate of drug-likeness (QED) is 0.375. The summed E-state index contributed by atoms with van der Waals surface area (Å²) in [7, 11) is 3.32. The molecule has 0 bridgehead atoms. The molecule has 230 valence electrons. The number of urea groups is 1. The van der Waals surface area contributed by atoms with Crippen molar-refractivity contribution in [1.82, 2.24) is 30.6 Å². The second-order valence-electron chi connectivity index (χ2n) is 13.2. The van der Waals surface area contributed by atoms with Crippen LogP contribution in [0.4, 0.5) is 10.5 Å². The lowest BCUT2D eigenvalue weighted by Crippen LogP contribution is -2.67. The smallest absolute Gasteiger partial charge is 0.318 e. The monoisotopic (exact) mass is 589 g/mol. The zero-order chi connectivity index (χ0) is 30.4. The maximum atomic E-state index is 13.8. The number of nitrogens with zero attached hydrogens (tertiary/aromatic N) is 3. The number of anilines is 1. The molecule has 4 N–H and O–H groups in total. The molecule has 6 rings (SSSR count). The molecule has 2 atom stereocenters. The minimum Gasteiger partial charge on any atom is -0.357 e. The van der Waals surface area contributed by atoms with Crippen molar-refractivity contribution < 1.29 is 19.2 Å². The molecule has 1 unspecified atom stereocenters. The SMILES string of the molecule is CCC1CCC([C@H](NC(=O)c2ccnn2C)C(=O)Nc2ccc3c(c2)CC(C(=O)NC)(N2CC4(CC4)CNC2=O)C3)CC1. The molecule has 4 aliphatic rings. The molecule has 2 heterocycles. The van der Waals surface area contributed by atoms with Crippen LogP contribution in [0.1, 0.15) is 73.5 Å². The standard InChI is InChI=1S/C32H43N7O4/c1-4-20-5-7-21(8-6-20)26(37-27(40)25-11-14-35-38(25)3)28(41)36-24-10-9-22-16-32(29(42)33-2,17-23(22)15-24)39-19-31(12-13-31)18-34-30(39)43/h9-11,14-15,20-21,26H,4-8,12-13,16-19H2,1-3H3,(H,33,42)(H,34,43)(H,36,41)(H,37,40)/t20?,21?,26-,32?/m0/s1. The Hall–Kier alpha value is -3.89. The summed E-state index contributed by atoms with van der Waals surface area (Å²) in [5.74, 6) is -0.0698. The van der Waals surface area contributed by atoms with Gasteiger partial charge in [0.2, 0.25) is 11.8 Å². The van der Waals surface area contributed by atoms with Crippen LogP contribution >= 0.6 is 0 Å². The zero-order valence-electron chi connectivity index (χ0n) is 25.4. The first-order chi connectivity index (χ1) is 20.7. The van der Waals surface area contributed by atoms with E-state index in [1.165, 1.54) is 4.68 Å². The number of likely N-dealkylation sites (N-methyl/N-ethyl adjacent to an activating group) is 1. The van der Waals surface area contributed by atoms with E-state index < -0.39 is 11.6 Å². The minimum absolute atomic E-state index is 0.0302. The first-order valence-corrected chi connectivity index (χ1v) is 15.7. The summed E-state index contributed by atoms with van der Waals surface area (Å²) in [5, 5.41) is 16.0. The van der Waals surface area contributed by atoms with Crippen molar-refractivity contribution in [2.24, 2.45) is 24.3 Å². The molecule has 43 heavy (non-hydrogen) atoms. The van der Waals surface area contributed by atoms with Crippen molar-refractivity contribution in [2.45, 2.75) is 76.3 Å². The average molecular weight is 590 g/mol. The molecule has 1 spiro atoms. The Morgan fingerprint density at radius 1 is 1.09 bits per heavy atom. The third-order valence-electron chi connectivity index (χ3n) is 10.5. The van der Waals surface area contributed by atoms with Gasteiger partial charge in [0.1, 0.15) is 17.3 Å². The Morgan fingerprint density at radius 2 is 1.84 bits per heavy atom. The predicted molar refractivity (Wildman–Crippen MR) is 161 cm³/mol. The topological polar surface area (TPSA) is 137 Å². The highest BCUT2D eigenvalue weighted by molar-refractivity contribution is 6.01. The van der Waals surface area contributed by atoms with Gasteiger partial charge in [-0.25, -0.2) is 4.79 Å². The lowest BCUT2D eigenvalue weighted by atomic mass is 9.77. The first kappa shape index (κ1) is 29.2. The molecule has 3 aliphatic carbocycles.